The molecule has 0 bridgehead atoms. The van der Waals surface area contributed by atoms with Gasteiger partial charge in [-0.1, -0.05) is 0 Å². The maximum atomic E-state index is 11.9. The number of aliphatic carboxylic acids is 1. The van der Waals surface area contributed by atoms with E-state index in [9.17, 15) is 9.59 Å². The fraction of sp³-hybridized carbons (Fsp3) is 0.286. The van der Waals surface area contributed by atoms with Crippen molar-refractivity contribution in [2.45, 2.75) is 18.9 Å². The largest absolute Gasteiger partial charge is 0.496 e. The Labute approximate surface area is 110 Å². The second-order valence-corrected chi connectivity index (χ2v) is 4.38. The van der Waals surface area contributed by atoms with Gasteiger partial charge >= 0.3 is 5.97 Å². The monoisotopic (exact) mass is 261 g/mol. The van der Waals surface area contributed by atoms with Gasteiger partial charge in [0.1, 0.15) is 5.75 Å². The number of hydrogen-bond donors (Lipinski definition) is 2. The number of ether oxygens (including phenoxy) is 1. The molecule has 100 valence electrons. The summed E-state index contributed by atoms with van der Waals surface area (Å²) in [6.45, 7) is 0. The predicted molar refractivity (Wildman–Crippen MR) is 70.2 cm³/mol. The average Bonchev–Trinajstić information content (AvgIpc) is 3.19. The highest BCUT2D eigenvalue weighted by Gasteiger charge is 2.23. The van der Waals surface area contributed by atoms with Gasteiger partial charge in [-0.2, -0.15) is 0 Å². The van der Waals surface area contributed by atoms with Crippen LogP contribution in [0, 0.1) is 0 Å². The summed E-state index contributed by atoms with van der Waals surface area (Å²) in [5.74, 6) is -0.662. The van der Waals surface area contributed by atoms with Crippen molar-refractivity contribution in [3.63, 3.8) is 0 Å². The highest BCUT2D eigenvalue weighted by Crippen LogP contribution is 2.23. The molecular formula is C14H15NO4. The predicted octanol–water partition coefficient (Wildman–Crippen LogP) is 1.69. The molecule has 1 aromatic rings. The number of nitrogens with one attached hydrogen (secondary N) is 1. The lowest BCUT2D eigenvalue weighted by Gasteiger charge is -2.08. The van der Waals surface area contributed by atoms with Crippen molar-refractivity contribution in [2.75, 3.05) is 7.11 Å². The van der Waals surface area contributed by atoms with E-state index in [1.807, 2.05) is 0 Å². The van der Waals surface area contributed by atoms with Gasteiger partial charge in [0.2, 0.25) is 0 Å². The van der Waals surface area contributed by atoms with Gasteiger partial charge in [-0.3, -0.25) is 4.79 Å². The molecule has 2 N–H and O–H groups in total. The standard InChI is InChI=1S/C14H15NO4/c1-19-12-6-2-10(14(18)15-11-4-5-11)8-9(12)3-7-13(16)17/h2-3,6-8,11H,4-5H2,1H3,(H,15,18)(H,16,17)/b7-3+. The molecule has 0 heterocycles. The molecular weight excluding hydrogens is 246 g/mol. The van der Waals surface area contributed by atoms with E-state index >= 15 is 0 Å². The number of hydrogen-bond acceptors (Lipinski definition) is 3. The van der Waals surface area contributed by atoms with Crippen LogP contribution in [0.3, 0.4) is 0 Å². The Morgan fingerprint density at radius 2 is 2.16 bits per heavy atom. The summed E-state index contributed by atoms with van der Waals surface area (Å²) in [6, 6.07) is 5.22. The first kappa shape index (κ1) is 13.1. The summed E-state index contributed by atoms with van der Waals surface area (Å²) in [5.41, 5.74) is 1.06. The number of methoxy groups -OCH3 is 1. The van der Waals surface area contributed by atoms with Crippen LogP contribution in [0.1, 0.15) is 28.8 Å². The van der Waals surface area contributed by atoms with Gasteiger partial charge in [-0.25, -0.2) is 4.79 Å². The van der Waals surface area contributed by atoms with Gasteiger partial charge < -0.3 is 15.2 Å². The molecule has 2 rings (SSSR count). The number of carbonyl (C=O) groups is 2. The SMILES string of the molecule is COc1ccc(C(=O)NC2CC2)cc1/C=C/C(=O)O. The smallest absolute Gasteiger partial charge is 0.328 e. The van der Waals surface area contributed by atoms with Crippen molar-refractivity contribution in [1.82, 2.24) is 5.32 Å². The number of carboxylic acids is 1. The third-order valence-electron chi connectivity index (χ3n) is 2.81. The second kappa shape index (κ2) is 5.56. The Bertz CT molecular complexity index is 532. The summed E-state index contributed by atoms with van der Waals surface area (Å²) in [6.07, 6.45) is 4.47. The summed E-state index contributed by atoms with van der Waals surface area (Å²) in [7, 11) is 1.50. The van der Waals surface area contributed by atoms with E-state index < -0.39 is 5.97 Å². The van der Waals surface area contributed by atoms with Gasteiger partial charge in [0.25, 0.3) is 5.91 Å². The molecule has 1 saturated carbocycles. The van der Waals surface area contributed by atoms with E-state index in [1.54, 1.807) is 18.2 Å². The highest BCUT2D eigenvalue weighted by atomic mass is 16.5. The maximum Gasteiger partial charge on any atom is 0.328 e. The molecule has 0 aliphatic heterocycles. The minimum absolute atomic E-state index is 0.143. The van der Waals surface area contributed by atoms with Crippen LogP contribution in [0.25, 0.3) is 6.08 Å². The molecule has 0 radical (unpaired) electrons. The Balaban J connectivity index is 2.23. The van der Waals surface area contributed by atoms with Crippen molar-refractivity contribution < 1.29 is 19.4 Å². The Kier molecular flexibility index (Phi) is 3.85. The number of carboxylic acid groups (broad SMARTS) is 1. The molecule has 19 heavy (non-hydrogen) atoms. The van der Waals surface area contributed by atoms with E-state index in [1.165, 1.54) is 13.2 Å². The molecule has 1 aliphatic rings. The first-order chi connectivity index (χ1) is 9.10. The minimum atomic E-state index is -1.05. The summed E-state index contributed by atoms with van der Waals surface area (Å²) in [4.78, 5) is 22.4. The van der Waals surface area contributed by atoms with Crippen LogP contribution < -0.4 is 10.1 Å². The van der Waals surface area contributed by atoms with E-state index in [2.05, 4.69) is 5.32 Å². The van der Waals surface area contributed by atoms with Crippen LogP contribution in [0.2, 0.25) is 0 Å². The molecule has 5 heteroatoms. The molecule has 0 unspecified atom stereocenters. The fourth-order valence-electron chi connectivity index (χ4n) is 1.66. The van der Waals surface area contributed by atoms with Crippen molar-refractivity contribution in [2.24, 2.45) is 0 Å². The summed E-state index contributed by atoms with van der Waals surface area (Å²) >= 11 is 0. The zero-order valence-corrected chi connectivity index (χ0v) is 10.6. The normalized spacial score (nSPS) is 14.4. The second-order valence-electron chi connectivity index (χ2n) is 4.38. The van der Waals surface area contributed by atoms with Crippen molar-refractivity contribution in [3.8, 4) is 5.75 Å². The van der Waals surface area contributed by atoms with Crippen LogP contribution in [0.4, 0.5) is 0 Å². The molecule has 1 aliphatic carbocycles. The molecule has 0 aromatic heterocycles. The first-order valence-corrected chi connectivity index (χ1v) is 6.00. The Morgan fingerprint density at radius 1 is 1.42 bits per heavy atom. The van der Waals surface area contributed by atoms with Gasteiger partial charge in [0.15, 0.2) is 0 Å². The lowest BCUT2D eigenvalue weighted by Crippen LogP contribution is -2.25. The fourth-order valence-corrected chi connectivity index (χ4v) is 1.66. The van der Waals surface area contributed by atoms with Crippen LogP contribution in [-0.2, 0) is 4.79 Å². The van der Waals surface area contributed by atoms with E-state index in [0.29, 0.717) is 16.9 Å². The van der Waals surface area contributed by atoms with Gasteiger partial charge in [0, 0.05) is 23.2 Å². The van der Waals surface area contributed by atoms with Crippen molar-refractivity contribution in [3.05, 3.63) is 35.4 Å². The number of benzene rings is 1. The zero-order chi connectivity index (χ0) is 13.8. The molecule has 0 atom stereocenters. The minimum Gasteiger partial charge on any atom is -0.496 e. The maximum absolute atomic E-state index is 11.9. The van der Waals surface area contributed by atoms with E-state index in [4.69, 9.17) is 9.84 Å². The molecule has 5 nitrogen and oxygen atoms in total. The lowest BCUT2D eigenvalue weighted by molar-refractivity contribution is -0.131. The van der Waals surface area contributed by atoms with Gasteiger partial charge in [-0.15, -0.1) is 0 Å². The van der Waals surface area contributed by atoms with Gasteiger partial charge in [-0.05, 0) is 37.1 Å². The molecule has 1 fully saturated rings. The summed E-state index contributed by atoms with van der Waals surface area (Å²) in [5, 5.41) is 11.5. The molecule has 1 aromatic carbocycles. The lowest BCUT2D eigenvalue weighted by atomic mass is 10.1. The van der Waals surface area contributed by atoms with Crippen molar-refractivity contribution >= 4 is 18.0 Å². The Hall–Kier alpha value is -2.30. The third-order valence-corrected chi connectivity index (χ3v) is 2.81. The number of carbonyl (C=O) groups excluding carboxylic acids is 1. The van der Waals surface area contributed by atoms with Crippen LogP contribution >= 0.6 is 0 Å². The third kappa shape index (κ3) is 3.58. The first-order valence-electron chi connectivity index (χ1n) is 6.00. The zero-order valence-electron chi connectivity index (χ0n) is 10.6. The average molecular weight is 261 g/mol. The topological polar surface area (TPSA) is 75.6 Å². The number of amides is 1. The number of rotatable bonds is 5. The molecule has 0 saturated heterocycles. The molecule has 0 spiro atoms. The van der Waals surface area contributed by atoms with E-state index in [0.717, 1.165) is 18.9 Å². The van der Waals surface area contributed by atoms with Crippen molar-refractivity contribution in [1.29, 1.82) is 0 Å². The van der Waals surface area contributed by atoms with Gasteiger partial charge in [0.05, 0.1) is 7.11 Å². The molecule has 1 amide bonds. The summed E-state index contributed by atoms with van der Waals surface area (Å²) < 4.78 is 5.13. The van der Waals surface area contributed by atoms with E-state index in [-0.39, 0.29) is 11.9 Å². The van der Waals surface area contributed by atoms with Crippen LogP contribution in [0.5, 0.6) is 5.75 Å². The van der Waals surface area contributed by atoms with Crippen LogP contribution in [-0.4, -0.2) is 30.1 Å². The highest BCUT2D eigenvalue weighted by molar-refractivity contribution is 5.96. The van der Waals surface area contributed by atoms with Crippen LogP contribution in [0.15, 0.2) is 24.3 Å². The Morgan fingerprint density at radius 3 is 2.74 bits per heavy atom. The quantitative estimate of drug-likeness (QED) is 0.791.